The molecule has 128 valence electrons. The summed E-state index contributed by atoms with van der Waals surface area (Å²) >= 11 is 6.75. The SMILES string of the molecule is O=C(c1cc2cc(Br)cc(Br)c2oc1=O)N1CCN(CCO)CC1. The van der Waals surface area contributed by atoms with Crippen molar-refractivity contribution in [2.75, 3.05) is 39.3 Å². The van der Waals surface area contributed by atoms with Crippen LogP contribution in [0.15, 0.2) is 36.4 Å². The largest absolute Gasteiger partial charge is 0.421 e. The fourth-order valence-electron chi connectivity index (χ4n) is 2.79. The first-order valence-electron chi connectivity index (χ1n) is 7.55. The van der Waals surface area contributed by atoms with Crippen molar-refractivity contribution in [3.05, 3.63) is 43.1 Å². The van der Waals surface area contributed by atoms with Crippen LogP contribution in [0, 0.1) is 0 Å². The van der Waals surface area contributed by atoms with Gasteiger partial charge in [0.1, 0.15) is 5.56 Å². The highest BCUT2D eigenvalue weighted by Crippen LogP contribution is 2.28. The summed E-state index contributed by atoms with van der Waals surface area (Å²) in [5.41, 5.74) is -0.163. The highest BCUT2D eigenvalue weighted by molar-refractivity contribution is 9.11. The Balaban J connectivity index is 1.88. The predicted molar refractivity (Wildman–Crippen MR) is 97.3 cm³/mol. The number of hydrogen-bond acceptors (Lipinski definition) is 5. The Morgan fingerprint density at radius 2 is 1.88 bits per heavy atom. The summed E-state index contributed by atoms with van der Waals surface area (Å²) in [6.45, 7) is 3.12. The number of hydrogen-bond donors (Lipinski definition) is 1. The molecular formula is C16H16Br2N2O4. The zero-order valence-corrected chi connectivity index (χ0v) is 16.0. The highest BCUT2D eigenvalue weighted by Gasteiger charge is 2.25. The van der Waals surface area contributed by atoms with E-state index >= 15 is 0 Å². The van der Waals surface area contributed by atoms with Crippen molar-refractivity contribution in [1.82, 2.24) is 9.80 Å². The highest BCUT2D eigenvalue weighted by atomic mass is 79.9. The van der Waals surface area contributed by atoms with Gasteiger partial charge in [-0.15, -0.1) is 0 Å². The Morgan fingerprint density at radius 3 is 2.54 bits per heavy atom. The Bertz CT molecular complexity index is 829. The number of fused-ring (bicyclic) bond motifs is 1. The molecule has 1 fully saturated rings. The van der Waals surface area contributed by atoms with Gasteiger partial charge < -0.3 is 14.4 Å². The number of halogens is 2. The summed E-state index contributed by atoms with van der Waals surface area (Å²) in [6, 6.07) is 5.17. The summed E-state index contributed by atoms with van der Waals surface area (Å²) in [7, 11) is 0. The summed E-state index contributed by atoms with van der Waals surface area (Å²) in [6.07, 6.45) is 0. The Kier molecular flexibility index (Phi) is 5.39. The van der Waals surface area contributed by atoms with Gasteiger partial charge in [-0.1, -0.05) is 15.9 Å². The van der Waals surface area contributed by atoms with E-state index in [1.54, 1.807) is 23.1 Å². The molecule has 0 radical (unpaired) electrons. The predicted octanol–water partition coefficient (Wildman–Crippen LogP) is 2.07. The lowest BCUT2D eigenvalue weighted by atomic mass is 10.1. The molecule has 1 aliphatic rings. The van der Waals surface area contributed by atoms with Crippen molar-refractivity contribution >= 4 is 48.7 Å². The Labute approximate surface area is 155 Å². The molecule has 3 rings (SSSR count). The van der Waals surface area contributed by atoms with Gasteiger partial charge in [0, 0.05) is 42.6 Å². The number of aliphatic hydroxyl groups excluding tert-OH is 1. The zero-order chi connectivity index (χ0) is 17.3. The molecule has 8 heteroatoms. The van der Waals surface area contributed by atoms with Gasteiger partial charge in [-0.25, -0.2) is 4.79 Å². The van der Waals surface area contributed by atoms with E-state index < -0.39 is 5.63 Å². The average Bonchev–Trinajstić information content (AvgIpc) is 2.55. The summed E-state index contributed by atoms with van der Waals surface area (Å²) in [5.74, 6) is -0.314. The number of rotatable bonds is 3. The van der Waals surface area contributed by atoms with Crippen LogP contribution < -0.4 is 5.63 Å². The Hall–Kier alpha value is -1.22. The molecule has 1 aromatic heterocycles. The lowest BCUT2D eigenvalue weighted by Crippen LogP contribution is -2.50. The van der Waals surface area contributed by atoms with E-state index in [1.807, 2.05) is 0 Å². The van der Waals surface area contributed by atoms with E-state index in [9.17, 15) is 9.59 Å². The van der Waals surface area contributed by atoms with Gasteiger partial charge in [-0.05, 0) is 34.1 Å². The molecule has 0 spiro atoms. The molecule has 0 bridgehead atoms. The van der Waals surface area contributed by atoms with Crippen LogP contribution in [-0.2, 0) is 0 Å². The topological polar surface area (TPSA) is 74.0 Å². The van der Waals surface area contributed by atoms with Crippen LogP contribution in [0.1, 0.15) is 10.4 Å². The number of amides is 1. The smallest absolute Gasteiger partial charge is 0.349 e. The van der Waals surface area contributed by atoms with Crippen LogP contribution in [0.3, 0.4) is 0 Å². The lowest BCUT2D eigenvalue weighted by Gasteiger charge is -2.34. The summed E-state index contributed by atoms with van der Waals surface area (Å²) < 4.78 is 6.81. The standard InChI is InChI=1S/C16H16Br2N2O4/c17-11-7-10-8-12(16(23)24-14(10)13(18)9-11)15(22)20-3-1-19(2-4-20)5-6-21/h7-9,21H,1-6H2. The second-order valence-electron chi connectivity index (χ2n) is 5.61. The van der Waals surface area contributed by atoms with E-state index in [0.717, 1.165) is 4.47 Å². The van der Waals surface area contributed by atoms with E-state index in [2.05, 4.69) is 36.8 Å². The minimum absolute atomic E-state index is 0.0445. The molecule has 1 aromatic carbocycles. The van der Waals surface area contributed by atoms with Crippen molar-refractivity contribution in [3.63, 3.8) is 0 Å². The molecule has 0 unspecified atom stereocenters. The van der Waals surface area contributed by atoms with E-state index in [-0.39, 0.29) is 18.1 Å². The van der Waals surface area contributed by atoms with E-state index in [4.69, 9.17) is 9.52 Å². The molecule has 0 saturated carbocycles. The molecule has 2 heterocycles. The number of carbonyl (C=O) groups is 1. The molecule has 24 heavy (non-hydrogen) atoms. The molecule has 0 aliphatic carbocycles. The minimum Gasteiger partial charge on any atom is -0.421 e. The van der Waals surface area contributed by atoms with Gasteiger partial charge in [0.2, 0.25) is 0 Å². The molecule has 0 atom stereocenters. The third-order valence-electron chi connectivity index (χ3n) is 4.06. The molecular weight excluding hydrogens is 444 g/mol. The second kappa shape index (κ2) is 7.35. The summed E-state index contributed by atoms with van der Waals surface area (Å²) in [5, 5.41) is 9.65. The van der Waals surface area contributed by atoms with Crippen molar-refractivity contribution in [3.8, 4) is 0 Å². The number of nitrogens with zero attached hydrogens (tertiary/aromatic N) is 2. The fraction of sp³-hybridized carbons (Fsp3) is 0.375. The average molecular weight is 460 g/mol. The van der Waals surface area contributed by atoms with Crippen LogP contribution in [0.5, 0.6) is 0 Å². The minimum atomic E-state index is -0.631. The van der Waals surface area contributed by atoms with Crippen LogP contribution in [0.4, 0.5) is 0 Å². The first-order chi connectivity index (χ1) is 11.5. The van der Waals surface area contributed by atoms with Crippen LogP contribution in [-0.4, -0.2) is 60.1 Å². The maximum absolute atomic E-state index is 12.7. The number of β-amino-alcohol motifs (C(OH)–C–C–N with tert-alkyl or cyclic N) is 1. The number of aliphatic hydroxyl groups is 1. The molecule has 1 aliphatic heterocycles. The van der Waals surface area contributed by atoms with Gasteiger partial charge in [-0.2, -0.15) is 0 Å². The van der Waals surface area contributed by atoms with Crippen LogP contribution in [0.2, 0.25) is 0 Å². The van der Waals surface area contributed by atoms with Gasteiger partial charge in [0.05, 0.1) is 11.1 Å². The maximum Gasteiger partial charge on any atom is 0.349 e. The number of piperazine rings is 1. The van der Waals surface area contributed by atoms with Gasteiger partial charge in [-0.3, -0.25) is 9.69 Å². The quantitative estimate of drug-likeness (QED) is 0.711. The Morgan fingerprint density at radius 1 is 1.17 bits per heavy atom. The fourth-order valence-corrected chi connectivity index (χ4v) is 4.13. The third-order valence-corrected chi connectivity index (χ3v) is 5.10. The first kappa shape index (κ1) is 17.6. The lowest BCUT2D eigenvalue weighted by molar-refractivity contribution is 0.0611. The first-order valence-corrected chi connectivity index (χ1v) is 9.13. The van der Waals surface area contributed by atoms with Gasteiger partial charge in [0.25, 0.3) is 5.91 Å². The van der Waals surface area contributed by atoms with E-state index in [1.165, 1.54) is 0 Å². The van der Waals surface area contributed by atoms with Gasteiger partial charge >= 0.3 is 5.63 Å². The van der Waals surface area contributed by atoms with Crippen LogP contribution in [0.25, 0.3) is 11.0 Å². The van der Waals surface area contributed by atoms with Gasteiger partial charge in [0.15, 0.2) is 5.58 Å². The maximum atomic E-state index is 12.7. The normalized spacial score (nSPS) is 15.9. The second-order valence-corrected chi connectivity index (χ2v) is 7.38. The monoisotopic (exact) mass is 458 g/mol. The molecule has 1 N–H and O–H groups in total. The van der Waals surface area contributed by atoms with Crippen LogP contribution >= 0.6 is 31.9 Å². The zero-order valence-electron chi connectivity index (χ0n) is 12.8. The van der Waals surface area contributed by atoms with Crippen molar-refractivity contribution in [2.24, 2.45) is 0 Å². The molecule has 1 saturated heterocycles. The molecule has 1 amide bonds. The summed E-state index contributed by atoms with van der Waals surface area (Å²) in [4.78, 5) is 28.6. The number of carbonyl (C=O) groups excluding carboxylic acids is 1. The molecule has 2 aromatic rings. The van der Waals surface area contributed by atoms with Crippen molar-refractivity contribution < 1.29 is 14.3 Å². The van der Waals surface area contributed by atoms with E-state index in [0.29, 0.717) is 48.2 Å². The third kappa shape index (κ3) is 3.56. The molecule has 6 nitrogen and oxygen atoms in total. The van der Waals surface area contributed by atoms with Crippen molar-refractivity contribution in [2.45, 2.75) is 0 Å². The number of benzene rings is 1. The van der Waals surface area contributed by atoms with Crippen molar-refractivity contribution in [1.29, 1.82) is 0 Å².